The van der Waals surface area contributed by atoms with Gasteiger partial charge in [-0.1, -0.05) is 11.6 Å². The minimum atomic E-state index is 0.525. The molecule has 0 radical (unpaired) electrons. The van der Waals surface area contributed by atoms with E-state index < -0.39 is 0 Å². The first-order valence-electron chi connectivity index (χ1n) is 4.06. The van der Waals surface area contributed by atoms with E-state index in [4.69, 9.17) is 21.3 Å². The van der Waals surface area contributed by atoms with Crippen molar-refractivity contribution in [3.05, 3.63) is 41.2 Å². The van der Waals surface area contributed by atoms with E-state index in [1.54, 1.807) is 24.4 Å². The summed E-state index contributed by atoms with van der Waals surface area (Å²) < 4.78 is 5.08. The highest BCUT2D eigenvalue weighted by atomic mass is 35.5. The van der Waals surface area contributed by atoms with Gasteiger partial charge in [0.05, 0.1) is 22.9 Å². The maximum atomic E-state index is 8.66. The fraction of sp³-hybridized carbons (Fsp3) is 0. The molecule has 0 aliphatic carbocycles. The molecule has 0 atom stereocenters. The lowest BCUT2D eigenvalue weighted by Gasteiger charge is -2.00. The quantitative estimate of drug-likeness (QED) is 0.802. The van der Waals surface area contributed by atoms with Crippen LogP contribution in [0.15, 0.2) is 45.2 Å². The zero-order valence-corrected chi connectivity index (χ0v) is 9.05. The molecule has 0 fully saturated rings. The highest BCUT2D eigenvalue weighted by molar-refractivity contribution is 7.99. The van der Waals surface area contributed by atoms with Crippen LogP contribution in [0.2, 0.25) is 5.02 Å². The Hall–Kier alpha value is -1.44. The van der Waals surface area contributed by atoms with Gasteiger partial charge < -0.3 is 4.42 Å². The minimum Gasteiger partial charge on any atom is -0.440 e. The van der Waals surface area contributed by atoms with Gasteiger partial charge in [0.15, 0.2) is 0 Å². The van der Waals surface area contributed by atoms with Crippen molar-refractivity contribution in [3.63, 3.8) is 0 Å². The third-order valence-electron chi connectivity index (χ3n) is 1.67. The van der Waals surface area contributed by atoms with Crippen LogP contribution in [0.1, 0.15) is 5.56 Å². The van der Waals surface area contributed by atoms with E-state index in [0.717, 1.165) is 4.90 Å². The SMILES string of the molecule is N#Cc1ccc(Sc2ncco2)c(Cl)c1. The van der Waals surface area contributed by atoms with Gasteiger partial charge in [0, 0.05) is 4.90 Å². The predicted molar refractivity (Wildman–Crippen MR) is 56.8 cm³/mol. The lowest BCUT2D eigenvalue weighted by molar-refractivity contribution is 0.454. The summed E-state index contributed by atoms with van der Waals surface area (Å²) in [4.78, 5) is 4.79. The minimum absolute atomic E-state index is 0.525. The number of oxazole rings is 1. The molecule has 0 saturated heterocycles. The van der Waals surface area contributed by atoms with Crippen molar-refractivity contribution in [1.82, 2.24) is 4.98 Å². The van der Waals surface area contributed by atoms with Gasteiger partial charge >= 0.3 is 0 Å². The van der Waals surface area contributed by atoms with Crippen molar-refractivity contribution in [1.29, 1.82) is 5.26 Å². The molecule has 0 amide bonds. The fourth-order valence-corrected chi connectivity index (χ4v) is 2.00. The Bertz CT molecular complexity index is 505. The van der Waals surface area contributed by atoms with Crippen LogP contribution >= 0.6 is 23.4 Å². The van der Waals surface area contributed by atoms with Crippen molar-refractivity contribution >= 4 is 23.4 Å². The van der Waals surface area contributed by atoms with E-state index in [1.807, 2.05) is 6.07 Å². The van der Waals surface area contributed by atoms with Crippen molar-refractivity contribution in [3.8, 4) is 6.07 Å². The Kier molecular flexibility index (Phi) is 2.95. The highest BCUT2D eigenvalue weighted by Crippen LogP contribution is 2.32. The summed E-state index contributed by atoms with van der Waals surface area (Å²) in [6.45, 7) is 0. The zero-order valence-electron chi connectivity index (χ0n) is 7.48. The molecule has 0 spiro atoms. The first-order chi connectivity index (χ1) is 7.29. The Morgan fingerprint density at radius 3 is 2.93 bits per heavy atom. The van der Waals surface area contributed by atoms with E-state index in [0.29, 0.717) is 15.8 Å². The summed E-state index contributed by atoms with van der Waals surface area (Å²) in [7, 11) is 0. The van der Waals surface area contributed by atoms with Crippen molar-refractivity contribution < 1.29 is 4.42 Å². The molecule has 3 nitrogen and oxygen atoms in total. The first kappa shape index (κ1) is 10.1. The van der Waals surface area contributed by atoms with Crippen LogP contribution in [0.3, 0.4) is 0 Å². The smallest absolute Gasteiger partial charge is 0.260 e. The van der Waals surface area contributed by atoms with Gasteiger partial charge in [0.25, 0.3) is 5.22 Å². The molecule has 0 bridgehead atoms. The predicted octanol–water partition coefficient (Wildman–Crippen LogP) is 3.35. The molecule has 0 aliphatic rings. The lowest BCUT2D eigenvalue weighted by Crippen LogP contribution is -1.78. The molecule has 2 aromatic rings. The third-order valence-corrected chi connectivity index (χ3v) is 3.04. The van der Waals surface area contributed by atoms with Crippen LogP contribution in [0.25, 0.3) is 0 Å². The van der Waals surface area contributed by atoms with Gasteiger partial charge in [-0.15, -0.1) is 0 Å². The molecule has 2 rings (SSSR count). The summed E-state index contributed by atoms with van der Waals surface area (Å²) in [5.41, 5.74) is 0.539. The van der Waals surface area contributed by atoms with E-state index in [2.05, 4.69) is 4.98 Å². The molecule has 0 N–H and O–H groups in total. The molecule has 0 unspecified atom stereocenters. The van der Waals surface area contributed by atoms with Crippen LogP contribution in [0, 0.1) is 11.3 Å². The van der Waals surface area contributed by atoms with Crippen molar-refractivity contribution in [2.45, 2.75) is 10.1 Å². The van der Waals surface area contributed by atoms with Crippen LogP contribution in [-0.4, -0.2) is 4.98 Å². The third kappa shape index (κ3) is 2.32. The second-order valence-corrected chi connectivity index (χ2v) is 4.06. The molecule has 1 heterocycles. The standard InChI is InChI=1S/C10H5ClN2OS/c11-8-5-7(6-12)1-2-9(8)15-10-13-3-4-14-10/h1-5H. The zero-order chi connectivity index (χ0) is 10.7. The number of nitriles is 1. The van der Waals surface area contributed by atoms with E-state index in [1.165, 1.54) is 18.0 Å². The number of nitrogens with zero attached hydrogens (tertiary/aromatic N) is 2. The van der Waals surface area contributed by atoms with Gasteiger partial charge in [-0.2, -0.15) is 5.26 Å². The summed E-state index contributed by atoms with van der Waals surface area (Å²) in [5, 5.41) is 9.72. The average Bonchev–Trinajstić information content (AvgIpc) is 2.74. The second-order valence-electron chi connectivity index (χ2n) is 2.66. The Labute approximate surface area is 95.7 Å². The van der Waals surface area contributed by atoms with Crippen molar-refractivity contribution in [2.24, 2.45) is 0 Å². The lowest BCUT2D eigenvalue weighted by atomic mass is 10.2. The first-order valence-corrected chi connectivity index (χ1v) is 5.26. The monoisotopic (exact) mass is 236 g/mol. The van der Waals surface area contributed by atoms with E-state index >= 15 is 0 Å². The Balaban J connectivity index is 2.27. The van der Waals surface area contributed by atoms with Crippen LogP contribution in [0.5, 0.6) is 0 Å². The highest BCUT2D eigenvalue weighted by Gasteiger charge is 2.06. The number of hydrogen-bond donors (Lipinski definition) is 0. The van der Waals surface area contributed by atoms with Gasteiger partial charge in [-0.25, -0.2) is 4.98 Å². The Morgan fingerprint density at radius 2 is 2.33 bits per heavy atom. The van der Waals surface area contributed by atoms with E-state index in [9.17, 15) is 0 Å². The van der Waals surface area contributed by atoms with E-state index in [-0.39, 0.29) is 0 Å². The summed E-state index contributed by atoms with van der Waals surface area (Å²) in [6.07, 6.45) is 3.07. The maximum Gasteiger partial charge on any atom is 0.260 e. The van der Waals surface area contributed by atoms with Gasteiger partial charge in [0.1, 0.15) is 6.26 Å². The fourth-order valence-electron chi connectivity index (χ4n) is 1.01. The molecule has 0 saturated carbocycles. The molecule has 1 aromatic heterocycles. The summed E-state index contributed by atoms with van der Waals surface area (Å²) >= 11 is 7.30. The molecular weight excluding hydrogens is 232 g/mol. The number of rotatable bonds is 2. The van der Waals surface area contributed by atoms with Gasteiger partial charge in [-0.3, -0.25) is 0 Å². The largest absolute Gasteiger partial charge is 0.440 e. The van der Waals surface area contributed by atoms with Crippen LogP contribution in [0.4, 0.5) is 0 Å². The molecule has 0 aliphatic heterocycles. The molecule has 74 valence electrons. The van der Waals surface area contributed by atoms with Crippen LogP contribution < -0.4 is 0 Å². The maximum absolute atomic E-state index is 8.66. The normalized spacial score (nSPS) is 9.87. The molecule has 5 heteroatoms. The van der Waals surface area contributed by atoms with Crippen molar-refractivity contribution in [2.75, 3.05) is 0 Å². The van der Waals surface area contributed by atoms with Gasteiger partial charge in [-0.05, 0) is 30.0 Å². The van der Waals surface area contributed by atoms with Gasteiger partial charge in [0.2, 0.25) is 0 Å². The van der Waals surface area contributed by atoms with Crippen LogP contribution in [-0.2, 0) is 0 Å². The molecule has 1 aromatic carbocycles. The molecule has 15 heavy (non-hydrogen) atoms. The summed E-state index contributed by atoms with van der Waals surface area (Å²) in [6, 6.07) is 7.12. The number of halogens is 1. The number of benzene rings is 1. The second kappa shape index (κ2) is 4.39. The average molecular weight is 237 g/mol. The molecular formula is C10H5ClN2OS. The summed E-state index contributed by atoms with van der Waals surface area (Å²) in [5.74, 6) is 0. The topological polar surface area (TPSA) is 49.8 Å². The number of aromatic nitrogens is 1. The Morgan fingerprint density at radius 1 is 1.47 bits per heavy atom. The number of hydrogen-bond acceptors (Lipinski definition) is 4.